The summed E-state index contributed by atoms with van der Waals surface area (Å²) in [5.41, 5.74) is 0. The Hall–Kier alpha value is -1.53. The van der Waals surface area contributed by atoms with Crippen molar-refractivity contribution in [1.82, 2.24) is 5.32 Å². The van der Waals surface area contributed by atoms with Crippen molar-refractivity contribution in [2.75, 3.05) is 19.8 Å². The van der Waals surface area contributed by atoms with E-state index in [2.05, 4.69) is 31.3 Å². The summed E-state index contributed by atoms with van der Waals surface area (Å²) >= 11 is 0. The van der Waals surface area contributed by atoms with Gasteiger partial charge in [-0.25, -0.2) is 0 Å². The molecule has 0 spiro atoms. The van der Waals surface area contributed by atoms with Gasteiger partial charge in [0.2, 0.25) is 5.91 Å². The molecule has 2 aliphatic rings. The second kappa shape index (κ2) is 35.7. The number of amides is 1. The third-order valence-corrected chi connectivity index (χ3v) is 12.1. The highest BCUT2D eigenvalue weighted by molar-refractivity contribution is 5.76. The molecule has 62 heavy (non-hydrogen) atoms. The van der Waals surface area contributed by atoms with E-state index < -0.39 is 86.8 Å². The smallest absolute Gasteiger partial charge is 0.220 e. The molecule has 2 fully saturated rings. The van der Waals surface area contributed by atoms with Crippen LogP contribution in [0.5, 0.6) is 0 Å². The van der Waals surface area contributed by atoms with E-state index in [9.17, 15) is 45.6 Å². The van der Waals surface area contributed by atoms with E-state index in [-0.39, 0.29) is 18.9 Å². The number of hydrogen-bond acceptors (Lipinski definition) is 13. The SMILES string of the molecule is CCCCCCCC/C=C\CCCCCCCC(=O)NC(CO[C@@H]1O[C@H](CO)[C@H](O[C@H]2O[C@H](CO)[C@H](O)[C@H](O)[C@H]2O)[C@H](O)[C@H]1O)C(O)/C=C\CCCCCCCCCCCCC. The molecular formula is C48H89NO13. The normalized spacial score (nSPS) is 27.9. The topological polar surface area (TPSA) is 228 Å². The van der Waals surface area contributed by atoms with Crippen molar-refractivity contribution >= 4 is 5.91 Å². The maximum atomic E-state index is 13.1. The molecule has 0 aromatic rings. The standard InChI is InChI=1S/C48H89NO13/c1-3-5-7-9-11-13-15-17-18-20-22-24-26-28-30-32-40(53)49-36(37(52)31-29-27-25-23-21-19-16-14-12-10-8-6-4-2)35-59-47-45(58)43(56)46(39(34-51)61-47)62-48-44(57)42(55)41(54)38(33-50)60-48/h17-18,29,31,36-39,41-48,50-52,54-58H,3-16,19-28,30,32-35H2,1-2H3,(H,49,53)/b18-17-,31-29-/t36?,37?,38-,39-,41+,42+,43-,44-,45-,46+,47-,48-/m1/s1. The summed E-state index contributed by atoms with van der Waals surface area (Å²) in [6, 6.07) is -0.914. The summed E-state index contributed by atoms with van der Waals surface area (Å²) in [6.45, 7) is 2.76. The van der Waals surface area contributed by atoms with Gasteiger partial charge in [-0.2, -0.15) is 0 Å². The van der Waals surface area contributed by atoms with E-state index in [1.54, 1.807) is 6.08 Å². The molecule has 2 heterocycles. The monoisotopic (exact) mass is 888 g/mol. The Morgan fingerprint density at radius 1 is 0.565 bits per heavy atom. The van der Waals surface area contributed by atoms with E-state index in [1.807, 2.05) is 6.08 Å². The first kappa shape index (κ1) is 56.6. The minimum atomic E-state index is -1.79. The molecule has 14 nitrogen and oxygen atoms in total. The van der Waals surface area contributed by atoms with E-state index in [0.717, 1.165) is 57.8 Å². The number of ether oxygens (including phenoxy) is 4. The van der Waals surface area contributed by atoms with Gasteiger partial charge in [0.05, 0.1) is 32.0 Å². The highest BCUT2D eigenvalue weighted by Gasteiger charge is 2.51. The molecule has 2 saturated heterocycles. The number of carbonyl (C=O) groups is 1. The number of rotatable bonds is 37. The van der Waals surface area contributed by atoms with Crippen LogP contribution in [0, 0.1) is 0 Å². The van der Waals surface area contributed by atoms with Crippen LogP contribution < -0.4 is 5.32 Å². The number of carbonyl (C=O) groups excluding carboxylic acids is 1. The lowest BCUT2D eigenvalue weighted by Gasteiger charge is -2.46. The second-order valence-corrected chi connectivity index (χ2v) is 17.6. The van der Waals surface area contributed by atoms with Crippen LogP contribution in [0.15, 0.2) is 24.3 Å². The molecule has 2 aliphatic heterocycles. The van der Waals surface area contributed by atoms with Crippen LogP contribution in [0.1, 0.15) is 181 Å². The lowest BCUT2D eigenvalue weighted by atomic mass is 9.97. The molecule has 2 unspecified atom stereocenters. The number of aliphatic hydroxyl groups excluding tert-OH is 8. The minimum Gasteiger partial charge on any atom is -0.394 e. The maximum absolute atomic E-state index is 13.1. The third kappa shape index (κ3) is 23.1. The van der Waals surface area contributed by atoms with Gasteiger partial charge >= 0.3 is 0 Å². The Bertz CT molecular complexity index is 1140. The third-order valence-electron chi connectivity index (χ3n) is 12.1. The number of aliphatic hydroxyl groups is 8. The minimum absolute atomic E-state index is 0.250. The fraction of sp³-hybridized carbons (Fsp3) is 0.896. The van der Waals surface area contributed by atoms with Crippen molar-refractivity contribution in [3.8, 4) is 0 Å². The van der Waals surface area contributed by atoms with E-state index in [0.29, 0.717) is 6.42 Å². The summed E-state index contributed by atoms with van der Waals surface area (Å²) < 4.78 is 22.6. The fourth-order valence-electron chi connectivity index (χ4n) is 8.05. The van der Waals surface area contributed by atoms with Crippen molar-refractivity contribution < 1.29 is 64.6 Å². The Balaban J connectivity index is 1.88. The molecular weight excluding hydrogens is 799 g/mol. The number of hydrogen-bond donors (Lipinski definition) is 9. The predicted octanol–water partition coefficient (Wildman–Crippen LogP) is 5.77. The van der Waals surface area contributed by atoms with Crippen LogP contribution in [-0.2, 0) is 23.7 Å². The summed E-state index contributed by atoms with van der Waals surface area (Å²) in [5, 5.41) is 86.6. The Morgan fingerprint density at radius 2 is 1.02 bits per heavy atom. The van der Waals surface area contributed by atoms with Gasteiger partial charge in [0.25, 0.3) is 0 Å². The van der Waals surface area contributed by atoms with Gasteiger partial charge in [0.15, 0.2) is 12.6 Å². The zero-order valence-corrected chi connectivity index (χ0v) is 38.4. The van der Waals surface area contributed by atoms with Crippen LogP contribution >= 0.6 is 0 Å². The lowest BCUT2D eigenvalue weighted by molar-refractivity contribution is -0.359. The summed E-state index contributed by atoms with van der Waals surface area (Å²) in [6.07, 6.45) is 20.7. The highest BCUT2D eigenvalue weighted by atomic mass is 16.7. The number of nitrogens with one attached hydrogen (secondary N) is 1. The molecule has 2 rings (SSSR count). The molecule has 0 aromatic heterocycles. The van der Waals surface area contributed by atoms with Crippen molar-refractivity contribution in [2.24, 2.45) is 0 Å². The molecule has 0 radical (unpaired) electrons. The first-order valence-corrected chi connectivity index (χ1v) is 24.6. The zero-order valence-electron chi connectivity index (χ0n) is 38.4. The van der Waals surface area contributed by atoms with Crippen LogP contribution in [0.4, 0.5) is 0 Å². The van der Waals surface area contributed by atoms with Crippen LogP contribution in [0.25, 0.3) is 0 Å². The highest BCUT2D eigenvalue weighted by Crippen LogP contribution is 2.30. The van der Waals surface area contributed by atoms with Gasteiger partial charge in [0, 0.05) is 6.42 Å². The fourth-order valence-corrected chi connectivity index (χ4v) is 8.05. The van der Waals surface area contributed by atoms with Gasteiger partial charge < -0.3 is 65.1 Å². The molecule has 0 bridgehead atoms. The van der Waals surface area contributed by atoms with Crippen LogP contribution in [0.2, 0.25) is 0 Å². The zero-order chi connectivity index (χ0) is 45.4. The summed E-state index contributed by atoms with van der Waals surface area (Å²) in [7, 11) is 0. The largest absolute Gasteiger partial charge is 0.394 e. The molecule has 0 aliphatic carbocycles. The van der Waals surface area contributed by atoms with Crippen LogP contribution in [0.3, 0.4) is 0 Å². The van der Waals surface area contributed by atoms with Gasteiger partial charge in [-0.15, -0.1) is 0 Å². The molecule has 9 N–H and O–H groups in total. The van der Waals surface area contributed by atoms with E-state index in [1.165, 1.54) is 96.3 Å². The molecule has 14 heteroatoms. The van der Waals surface area contributed by atoms with Crippen molar-refractivity contribution in [3.63, 3.8) is 0 Å². The van der Waals surface area contributed by atoms with Crippen molar-refractivity contribution in [3.05, 3.63) is 24.3 Å². The number of unbranched alkanes of at least 4 members (excludes halogenated alkanes) is 22. The molecule has 0 saturated carbocycles. The quantitative estimate of drug-likeness (QED) is 0.0267. The summed E-state index contributed by atoms with van der Waals surface area (Å²) in [4.78, 5) is 13.1. The van der Waals surface area contributed by atoms with Gasteiger partial charge in [-0.05, 0) is 44.9 Å². The Kier molecular flexibility index (Phi) is 32.6. The van der Waals surface area contributed by atoms with Gasteiger partial charge in [-0.3, -0.25) is 4.79 Å². The molecule has 12 atom stereocenters. The average molecular weight is 888 g/mol. The second-order valence-electron chi connectivity index (χ2n) is 17.6. The predicted molar refractivity (Wildman–Crippen MR) is 240 cm³/mol. The lowest BCUT2D eigenvalue weighted by Crippen LogP contribution is -2.65. The average Bonchev–Trinajstić information content (AvgIpc) is 3.27. The van der Waals surface area contributed by atoms with E-state index >= 15 is 0 Å². The Morgan fingerprint density at radius 3 is 1.53 bits per heavy atom. The molecule has 364 valence electrons. The van der Waals surface area contributed by atoms with Gasteiger partial charge in [0.1, 0.15) is 48.8 Å². The first-order valence-electron chi connectivity index (χ1n) is 24.6. The van der Waals surface area contributed by atoms with Gasteiger partial charge in [-0.1, -0.05) is 154 Å². The number of allylic oxidation sites excluding steroid dienone is 3. The Labute approximate surface area is 373 Å². The van der Waals surface area contributed by atoms with Crippen molar-refractivity contribution in [2.45, 2.75) is 254 Å². The van der Waals surface area contributed by atoms with E-state index in [4.69, 9.17) is 18.9 Å². The van der Waals surface area contributed by atoms with Crippen molar-refractivity contribution in [1.29, 1.82) is 0 Å². The maximum Gasteiger partial charge on any atom is 0.220 e. The summed E-state index contributed by atoms with van der Waals surface area (Å²) in [5.74, 6) is -0.250. The molecule has 1 amide bonds. The first-order chi connectivity index (χ1) is 30.1. The molecule has 0 aromatic carbocycles. The van der Waals surface area contributed by atoms with Crippen LogP contribution in [-0.4, -0.2) is 140 Å².